The summed E-state index contributed by atoms with van der Waals surface area (Å²) in [5.41, 5.74) is 0.343. The maximum absolute atomic E-state index is 5.65. The first-order valence-corrected chi connectivity index (χ1v) is 4.99. The standard InChI is InChI=1S/C11H24O2/c1-9(7-11(3,4)5)13-8-10(2)12-6/h9-10H,7-8H2,1-6H3. The van der Waals surface area contributed by atoms with Crippen LogP contribution in [0, 0.1) is 5.41 Å². The summed E-state index contributed by atoms with van der Waals surface area (Å²) >= 11 is 0. The first-order valence-electron chi connectivity index (χ1n) is 4.99. The molecule has 0 aromatic heterocycles. The fraction of sp³-hybridized carbons (Fsp3) is 1.00. The molecule has 0 aromatic carbocycles. The zero-order valence-corrected chi connectivity index (χ0v) is 9.89. The average Bonchev–Trinajstić information content (AvgIpc) is 1.97. The number of hydrogen-bond donors (Lipinski definition) is 0. The normalized spacial score (nSPS) is 17.1. The topological polar surface area (TPSA) is 18.5 Å². The molecule has 0 spiro atoms. The monoisotopic (exact) mass is 188 g/mol. The van der Waals surface area contributed by atoms with Crippen LogP contribution in [0.4, 0.5) is 0 Å². The van der Waals surface area contributed by atoms with Gasteiger partial charge in [0.25, 0.3) is 0 Å². The molecule has 0 aliphatic carbocycles. The number of methoxy groups -OCH3 is 1. The van der Waals surface area contributed by atoms with Gasteiger partial charge in [0.2, 0.25) is 0 Å². The van der Waals surface area contributed by atoms with Crippen LogP contribution in [0.3, 0.4) is 0 Å². The maximum Gasteiger partial charge on any atom is 0.0776 e. The quantitative estimate of drug-likeness (QED) is 0.660. The van der Waals surface area contributed by atoms with Crippen LogP contribution >= 0.6 is 0 Å². The minimum absolute atomic E-state index is 0.197. The number of rotatable bonds is 5. The molecule has 0 rings (SSSR count). The third-order valence-corrected chi connectivity index (χ3v) is 1.92. The molecule has 2 atom stereocenters. The van der Waals surface area contributed by atoms with Gasteiger partial charge in [0, 0.05) is 7.11 Å². The first kappa shape index (κ1) is 12.9. The highest BCUT2D eigenvalue weighted by Crippen LogP contribution is 2.22. The molecule has 2 heteroatoms. The highest BCUT2D eigenvalue weighted by atomic mass is 16.5. The molecule has 0 saturated carbocycles. The van der Waals surface area contributed by atoms with Gasteiger partial charge < -0.3 is 9.47 Å². The molecule has 0 aliphatic heterocycles. The van der Waals surface area contributed by atoms with E-state index in [-0.39, 0.29) is 6.10 Å². The van der Waals surface area contributed by atoms with Gasteiger partial charge in [-0.1, -0.05) is 20.8 Å². The van der Waals surface area contributed by atoms with E-state index in [0.29, 0.717) is 18.1 Å². The van der Waals surface area contributed by atoms with Gasteiger partial charge in [-0.05, 0) is 25.7 Å². The van der Waals surface area contributed by atoms with Crippen molar-refractivity contribution in [2.75, 3.05) is 13.7 Å². The minimum Gasteiger partial charge on any atom is -0.379 e. The van der Waals surface area contributed by atoms with E-state index in [1.165, 1.54) is 0 Å². The zero-order valence-electron chi connectivity index (χ0n) is 9.89. The molecular formula is C11H24O2. The summed E-state index contributed by atoms with van der Waals surface area (Å²) in [5.74, 6) is 0. The molecular weight excluding hydrogens is 164 g/mol. The SMILES string of the molecule is COC(C)COC(C)CC(C)(C)C. The molecule has 0 N–H and O–H groups in total. The van der Waals surface area contributed by atoms with Gasteiger partial charge in [-0.2, -0.15) is 0 Å². The van der Waals surface area contributed by atoms with E-state index in [2.05, 4.69) is 27.7 Å². The first-order chi connectivity index (χ1) is 5.85. The van der Waals surface area contributed by atoms with Crippen molar-refractivity contribution in [2.24, 2.45) is 5.41 Å². The van der Waals surface area contributed by atoms with Crippen molar-refractivity contribution >= 4 is 0 Å². The molecule has 0 fully saturated rings. The van der Waals surface area contributed by atoms with Crippen LogP contribution in [0.25, 0.3) is 0 Å². The summed E-state index contributed by atoms with van der Waals surface area (Å²) < 4.78 is 10.8. The molecule has 80 valence electrons. The van der Waals surface area contributed by atoms with E-state index < -0.39 is 0 Å². The molecule has 0 amide bonds. The van der Waals surface area contributed by atoms with Crippen LogP contribution in [0.5, 0.6) is 0 Å². The van der Waals surface area contributed by atoms with Gasteiger partial charge >= 0.3 is 0 Å². The Kier molecular flexibility index (Phi) is 5.57. The van der Waals surface area contributed by atoms with Crippen molar-refractivity contribution in [3.8, 4) is 0 Å². The Hall–Kier alpha value is -0.0800. The van der Waals surface area contributed by atoms with Crippen LogP contribution in [0.15, 0.2) is 0 Å². The highest BCUT2D eigenvalue weighted by molar-refractivity contribution is 4.66. The summed E-state index contributed by atoms with van der Waals surface area (Å²) in [7, 11) is 1.71. The Balaban J connectivity index is 3.57. The van der Waals surface area contributed by atoms with E-state index in [0.717, 1.165) is 6.42 Å². The van der Waals surface area contributed by atoms with E-state index in [1.54, 1.807) is 7.11 Å². The van der Waals surface area contributed by atoms with E-state index >= 15 is 0 Å². The third-order valence-electron chi connectivity index (χ3n) is 1.92. The van der Waals surface area contributed by atoms with Crippen LogP contribution in [0.2, 0.25) is 0 Å². The Labute approximate surface area is 82.6 Å². The third kappa shape index (κ3) is 8.26. The largest absolute Gasteiger partial charge is 0.379 e. The molecule has 0 saturated heterocycles. The van der Waals surface area contributed by atoms with Gasteiger partial charge in [0.1, 0.15) is 0 Å². The molecule has 0 radical (unpaired) electrons. The molecule has 0 aromatic rings. The van der Waals surface area contributed by atoms with Crippen molar-refractivity contribution in [3.63, 3.8) is 0 Å². The lowest BCUT2D eigenvalue weighted by molar-refractivity contribution is -0.0256. The molecule has 0 aliphatic rings. The van der Waals surface area contributed by atoms with Gasteiger partial charge in [0.05, 0.1) is 18.8 Å². The minimum atomic E-state index is 0.197. The highest BCUT2D eigenvalue weighted by Gasteiger charge is 2.16. The smallest absolute Gasteiger partial charge is 0.0776 e. The van der Waals surface area contributed by atoms with Crippen LogP contribution < -0.4 is 0 Å². The summed E-state index contributed by atoms with van der Waals surface area (Å²) in [6.45, 7) is 11.5. The Bertz CT molecular complexity index is 127. The second-order valence-electron chi connectivity index (χ2n) is 4.96. The van der Waals surface area contributed by atoms with Gasteiger partial charge in [-0.25, -0.2) is 0 Å². The van der Waals surface area contributed by atoms with Crippen molar-refractivity contribution in [2.45, 2.75) is 53.2 Å². The predicted octanol–water partition coefficient (Wildman–Crippen LogP) is 2.86. The van der Waals surface area contributed by atoms with Crippen LogP contribution in [-0.2, 0) is 9.47 Å². The summed E-state index contributed by atoms with van der Waals surface area (Å²) in [6.07, 6.45) is 1.60. The van der Waals surface area contributed by atoms with Gasteiger partial charge in [0.15, 0.2) is 0 Å². The van der Waals surface area contributed by atoms with Crippen LogP contribution in [-0.4, -0.2) is 25.9 Å². The van der Waals surface area contributed by atoms with Gasteiger partial charge in [-0.15, -0.1) is 0 Å². The van der Waals surface area contributed by atoms with Crippen LogP contribution in [0.1, 0.15) is 41.0 Å². The second-order valence-corrected chi connectivity index (χ2v) is 4.96. The molecule has 2 unspecified atom stereocenters. The van der Waals surface area contributed by atoms with Crippen molar-refractivity contribution in [3.05, 3.63) is 0 Å². The predicted molar refractivity (Wildman–Crippen MR) is 56.0 cm³/mol. The van der Waals surface area contributed by atoms with E-state index in [4.69, 9.17) is 9.47 Å². The number of ether oxygens (including phenoxy) is 2. The summed E-state index contributed by atoms with van der Waals surface area (Å²) in [4.78, 5) is 0. The fourth-order valence-electron chi connectivity index (χ4n) is 1.29. The Morgan fingerprint density at radius 1 is 1.08 bits per heavy atom. The fourth-order valence-corrected chi connectivity index (χ4v) is 1.29. The van der Waals surface area contributed by atoms with Crippen molar-refractivity contribution in [1.29, 1.82) is 0 Å². The van der Waals surface area contributed by atoms with Crippen molar-refractivity contribution in [1.82, 2.24) is 0 Å². The lowest BCUT2D eigenvalue weighted by Crippen LogP contribution is -2.23. The molecule has 0 bridgehead atoms. The molecule has 2 nitrogen and oxygen atoms in total. The zero-order chi connectivity index (χ0) is 10.5. The van der Waals surface area contributed by atoms with E-state index in [9.17, 15) is 0 Å². The Morgan fingerprint density at radius 3 is 2.00 bits per heavy atom. The lowest BCUT2D eigenvalue weighted by Gasteiger charge is -2.24. The van der Waals surface area contributed by atoms with Gasteiger partial charge in [-0.3, -0.25) is 0 Å². The second kappa shape index (κ2) is 5.61. The molecule has 13 heavy (non-hydrogen) atoms. The maximum atomic E-state index is 5.65. The lowest BCUT2D eigenvalue weighted by atomic mass is 9.90. The Morgan fingerprint density at radius 2 is 1.62 bits per heavy atom. The van der Waals surface area contributed by atoms with E-state index in [1.807, 2.05) is 6.92 Å². The van der Waals surface area contributed by atoms with Crippen molar-refractivity contribution < 1.29 is 9.47 Å². The average molecular weight is 188 g/mol. The number of hydrogen-bond acceptors (Lipinski definition) is 2. The summed E-state index contributed by atoms with van der Waals surface area (Å²) in [6, 6.07) is 0. The molecule has 0 heterocycles. The summed E-state index contributed by atoms with van der Waals surface area (Å²) in [5, 5.41) is 0.